The first kappa shape index (κ1) is 18.0. The van der Waals surface area contributed by atoms with E-state index in [1.165, 1.54) is 5.56 Å². The van der Waals surface area contributed by atoms with Gasteiger partial charge in [0, 0.05) is 5.56 Å². The van der Waals surface area contributed by atoms with Crippen LogP contribution in [0.3, 0.4) is 0 Å². The second-order valence-corrected chi connectivity index (χ2v) is 5.69. The predicted molar refractivity (Wildman–Crippen MR) is 95.9 cm³/mol. The SMILES string of the molecule is COc1ccc(CCCc2c(OC)cc(C)cc2OC)cc1OC. The molecule has 24 heavy (non-hydrogen) atoms. The quantitative estimate of drug-likeness (QED) is 0.727. The Morgan fingerprint density at radius 3 is 1.79 bits per heavy atom. The molecule has 2 aromatic rings. The van der Waals surface area contributed by atoms with Gasteiger partial charge in [0.2, 0.25) is 0 Å². The Morgan fingerprint density at radius 2 is 1.25 bits per heavy atom. The molecule has 0 saturated carbocycles. The van der Waals surface area contributed by atoms with Crippen molar-refractivity contribution in [2.24, 2.45) is 0 Å². The minimum Gasteiger partial charge on any atom is -0.496 e. The van der Waals surface area contributed by atoms with E-state index in [0.29, 0.717) is 0 Å². The Morgan fingerprint density at radius 1 is 0.667 bits per heavy atom. The van der Waals surface area contributed by atoms with E-state index in [4.69, 9.17) is 18.9 Å². The molecule has 0 spiro atoms. The van der Waals surface area contributed by atoms with Crippen LogP contribution in [0.2, 0.25) is 0 Å². The summed E-state index contributed by atoms with van der Waals surface area (Å²) in [7, 11) is 6.70. The first-order valence-electron chi connectivity index (χ1n) is 8.05. The highest BCUT2D eigenvalue weighted by Gasteiger charge is 2.12. The zero-order valence-electron chi connectivity index (χ0n) is 15.1. The lowest BCUT2D eigenvalue weighted by molar-refractivity contribution is 0.354. The molecule has 0 aliphatic carbocycles. The number of rotatable bonds is 8. The summed E-state index contributed by atoms with van der Waals surface area (Å²) in [6.07, 6.45) is 2.83. The van der Waals surface area contributed by atoms with Gasteiger partial charge in [-0.3, -0.25) is 0 Å². The second-order valence-electron chi connectivity index (χ2n) is 5.69. The second kappa shape index (κ2) is 8.48. The summed E-state index contributed by atoms with van der Waals surface area (Å²) in [5, 5.41) is 0. The predicted octanol–water partition coefficient (Wildman–Crippen LogP) is 4.20. The van der Waals surface area contributed by atoms with E-state index < -0.39 is 0 Å². The van der Waals surface area contributed by atoms with Gasteiger partial charge in [0.15, 0.2) is 11.5 Å². The summed E-state index contributed by atoms with van der Waals surface area (Å²) < 4.78 is 21.7. The molecule has 0 saturated heterocycles. The summed E-state index contributed by atoms with van der Waals surface area (Å²) in [5.41, 5.74) is 3.47. The van der Waals surface area contributed by atoms with E-state index in [1.54, 1.807) is 28.4 Å². The van der Waals surface area contributed by atoms with Crippen LogP contribution in [0.4, 0.5) is 0 Å². The molecule has 4 nitrogen and oxygen atoms in total. The van der Waals surface area contributed by atoms with Gasteiger partial charge < -0.3 is 18.9 Å². The van der Waals surface area contributed by atoms with Crippen molar-refractivity contribution in [1.29, 1.82) is 0 Å². The lowest BCUT2D eigenvalue weighted by atomic mass is 10.0. The minimum atomic E-state index is 0.753. The van der Waals surface area contributed by atoms with Gasteiger partial charge in [-0.2, -0.15) is 0 Å². The molecule has 0 atom stereocenters. The smallest absolute Gasteiger partial charge is 0.160 e. The zero-order valence-corrected chi connectivity index (χ0v) is 15.1. The molecule has 0 aromatic heterocycles. The normalized spacial score (nSPS) is 10.4. The molecular formula is C20H26O4. The maximum atomic E-state index is 5.52. The van der Waals surface area contributed by atoms with Gasteiger partial charge in [-0.15, -0.1) is 0 Å². The van der Waals surface area contributed by atoms with E-state index in [9.17, 15) is 0 Å². The minimum absolute atomic E-state index is 0.753. The number of hydrogen-bond acceptors (Lipinski definition) is 4. The molecule has 0 unspecified atom stereocenters. The molecule has 130 valence electrons. The number of methoxy groups -OCH3 is 4. The average molecular weight is 330 g/mol. The highest BCUT2D eigenvalue weighted by atomic mass is 16.5. The van der Waals surface area contributed by atoms with Gasteiger partial charge >= 0.3 is 0 Å². The first-order chi connectivity index (χ1) is 11.6. The van der Waals surface area contributed by atoms with Crippen molar-refractivity contribution in [3.05, 3.63) is 47.0 Å². The molecule has 0 amide bonds. The standard InChI is InChI=1S/C20H26O4/c1-14-11-18(22-3)16(19(12-14)23-4)8-6-7-15-9-10-17(21-2)20(13-15)24-5/h9-13H,6-8H2,1-5H3. The van der Waals surface area contributed by atoms with Crippen molar-refractivity contribution in [3.8, 4) is 23.0 Å². The van der Waals surface area contributed by atoms with Crippen LogP contribution in [-0.2, 0) is 12.8 Å². The molecule has 0 aliphatic heterocycles. The van der Waals surface area contributed by atoms with Gasteiger partial charge in [0.05, 0.1) is 28.4 Å². The van der Waals surface area contributed by atoms with Crippen molar-refractivity contribution < 1.29 is 18.9 Å². The topological polar surface area (TPSA) is 36.9 Å². The number of benzene rings is 2. The first-order valence-corrected chi connectivity index (χ1v) is 8.05. The lowest BCUT2D eigenvalue weighted by Gasteiger charge is -2.14. The number of aryl methyl sites for hydroxylation is 2. The molecule has 0 fully saturated rings. The highest BCUT2D eigenvalue weighted by molar-refractivity contribution is 5.48. The van der Waals surface area contributed by atoms with Gasteiger partial charge in [0.25, 0.3) is 0 Å². The Hall–Kier alpha value is -2.36. The van der Waals surface area contributed by atoms with Gasteiger partial charge in [-0.1, -0.05) is 6.07 Å². The molecule has 0 N–H and O–H groups in total. The largest absolute Gasteiger partial charge is 0.496 e. The molecule has 0 radical (unpaired) electrons. The van der Waals surface area contributed by atoms with Crippen LogP contribution in [-0.4, -0.2) is 28.4 Å². The van der Waals surface area contributed by atoms with Crippen molar-refractivity contribution in [1.82, 2.24) is 0 Å². The zero-order chi connectivity index (χ0) is 17.5. The van der Waals surface area contributed by atoms with Crippen molar-refractivity contribution in [2.75, 3.05) is 28.4 Å². The maximum Gasteiger partial charge on any atom is 0.160 e. The number of hydrogen-bond donors (Lipinski definition) is 0. The van der Waals surface area contributed by atoms with Crippen LogP contribution < -0.4 is 18.9 Å². The van der Waals surface area contributed by atoms with Gasteiger partial charge in [0.1, 0.15) is 11.5 Å². The van der Waals surface area contributed by atoms with Crippen LogP contribution in [0, 0.1) is 6.92 Å². The Kier molecular flexibility index (Phi) is 6.36. The molecule has 0 heterocycles. The van der Waals surface area contributed by atoms with E-state index >= 15 is 0 Å². The van der Waals surface area contributed by atoms with Crippen LogP contribution >= 0.6 is 0 Å². The fourth-order valence-corrected chi connectivity index (χ4v) is 2.87. The van der Waals surface area contributed by atoms with Crippen LogP contribution in [0.25, 0.3) is 0 Å². The van der Waals surface area contributed by atoms with E-state index in [-0.39, 0.29) is 0 Å². The van der Waals surface area contributed by atoms with Gasteiger partial charge in [-0.05, 0) is 61.6 Å². The van der Waals surface area contributed by atoms with Crippen LogP contribution in [0.1, 0.15) is 23.1 Å². The fraction of sp³-hybridized carbons (Fsp3) is 0.400. The molecular weight excluding hydrogens is 304 g/mol. The van der Waals surface area contributed by atoms with Crippen molar-refractivity contribution in [2.45, 2.75) is 26.2 Å². The molecule has 0 bridgehead atoms. The lowest BCUT2D eigenvalue weighted by Crippen LogP contribution is -1.99. The third-order valence-electron chi connectivity index (χ3n) is 4.09. The van der Waals surface area contributed by atoms with E-state index in [1.807, 2.05) is 31.2 Å². The van der Waals surface area contributed by atoms with E-state index in [2.05, 4.69) is 6.07 Å². The summed E-state index contributed by atoms with van der Waals surface area (Å²) >= 11 is 0. The van der Waals surface area contributed by atoms with Gasteiger partial charge in [-0.25, -0.2) is 0 Å². The summed E-state index contributed by atoms with van der Waals surface area (Å²) in [6.45, 7) is 2.04. The monoisotopic (exact) mass is 330 g/mol. The van der Waals surface area contributed by atoms with E-state index in [0.717, 1.165) is 53.4 Å². The highest BCUT2D eigenvalue weighted by Crippen LogP contribution is 2.32. The third-order valence-corrected chi connectivity index (χ3v) is 4.09. The average Bonchev–Trinajstić information content (AvgIpc) is 2.61. The molecule has 4 heteroatoms. The molecule has 0 aliphatic rings. The number of ether oxygens (including phenoxy) is 4. The van der Waals surface area contributed by atoms with Crippen molar-refractivity contribution >= 4 is 0 Å². The van der Waals surface area contributed by atoms with Crippen LogP contribution in [0.15, 0.2) is 30.3 Å². The summed E-state index contributed by atoms with van der Waals surface area (Å²) in [5.74, 6) is 3.29. The Balaban J connectivity index is 2.09. The molecule has 2 rings (SSSR count). The maximum absolute atomic E-state index is 5.52. The van der Waals surface area contributed by atoms with Crippen molar-refractivity contribution in [3.63, 3.8) is 0 Å². The third kappa shape index (κ3) is 4.13. The summed E-state index contributed by atoms with van der Waals surface area (Å²) in [6, 6.07) is 10.1. The van der Waals surface area contributed by atoms with Crippen LogP contribution in [0.5, 0.6) is 23.0 Å². The molecule has 2 aromatic carbocycles. The Labute approximate surface area is 144 Å². The summed E-state index contributed by atoms with van der Waals surface area (Å²) in [4.78, 5) is 0. The fourth-order valence-electron chi connectivity index (χ4n) is 2.87. The Bertz CT molecular complexity index is 654.